The first-order chi connectivity index (χ1) is 18.1. The van der Waals surface area contributed by atoms with E-state index in [2.05, 4.69) is 30.3 Å². The van der Waals surface area contributed by atoms with Gasteiger partial charge in [0.1, 0.15) is 42.1 Å². The van der Waals surface area contributed by atoms with Crippen LogP contribution in [0.4, 0.5) is 21.7 Å². The second kappa shape index (κ2) is 8.52. The summed E-state index contributed by atoms with van der Waals surface area (Å²) >= 11 is 0. The molecule has 1 fully saturated rings. The minimum atomic E-state index is -0.495. The lowest BCUT2D eigenvalue weighted by Crippen LogP contribution is -2.51. The molecule has 0 aliphatic carbocycles. The minimum Gasteiger partial charge on any atom is -0.487 e. The quantitative estimate of drug-likeness (QED) is 0.392. The second-order valence-corrected chi connectivity index (χ2v) is 8.88. The van der Waals surface area contributed by atoms with Crippen LogP contribution in [0.3, 0.4) is 0 Å². The number of pyridine rings is 2. The Bertz CT molecular complexity index is 1660. The maximum atomic E-state index is 15.2. The molecule has 0 saturated carbocycles. The fraction of sp³-hybridized carbons (Fsp3) is 0.240. The molecule has 1 saturated heterocycles. The van der Waals surface area contributed by atoms with Crippen LogP contribution >= 0.6 is 0 Å². The van der Waals surface area contributed by atoms with Gasteiger partial charge in [-0.3, -0.25) is 0 Å². The predicted molar refractivity (Wildman–Crippen MR) is 132 cm³/mol. The van der Waals surface area contributed by atoms with Gasteiger partial charge in [-0.25, -0.2) is 28.8 Å². The molecule has 1 N–H and O–H groups in total. The number of nitrogens with one attached hydrogen (secondary N) is 1. The number of anilines is 3. The van der Waals surface area contributed by atoms with Crippen molar-refractivity contribution < 1.29 is 18.6 Å². The highest BCUT2D eigenvalue weighted by Gasteiger charge is 2.32. The zero-order valence-corrected chi connectivity index (χ0v) is 19.8. The van der Waals surface area contributed by atoms with E-state index in [4.69, 9.17) is 19.2 Å². The second-order valence-electron chi connectivity index (χ2n) is 8.88. The van der Waals surface area contributed by atoms with Crippen LogP contribution in [-0.4, -0.2) is 62.0 Å². The highest BCUT2D eigenvalue weighted by atomic mass is 19.1. The zero-order chi connectivity index (χ0) is 24.9. The van der Waals surface area contributed by atoms with E-state index in [9.17, 15) is 0 Å². The molecular formula is C25H21FN8O3. The number of morpholine rings is 1. The molecule has 12 heteroatoms. The molecular weight excluding hydrogens is 479 g/mol. The van der Waals surface area contributed by atoms with Gasteiger partial charge in [0.25, 0.3) is 0 Å². The molecule has 6 heterocycles. The molecule has 0 radical (unpaired) electrons. The van der Waals surface area contributed by atoms with Crippen LogP contribution < -0.4 is 19.7 Å². The van der Waals surface area contributed by atoms with Crippen molar-refractivity contribution in [2.75, 3.05) is 36.6 Å². The number of hydrogen-bond donors (Lipinski definition) is 1. The summed E-state index contributed by atoms with van der Waals surface area (Å²) in [6.45, 7) is 4.30. The molecule has 186 valence electrons. The number of aromatic nitrogens is 6. The molecule has 4 aromatic heterocycles. The van der Waals surface area contributed by atoms with Gasteiger partial charge in [-0.05, 0) is 24.6 Å². The molecule has 2 aliphatic heterocycles. The molecule has 5 aromatic rings. The predicted octanol–water partition coefficient (Wildman–Crippen LogP) is 3.65. The first-order valence-electron chi connectivity index (χ1n) is 11.8. The van der Waals surface area contributed by atoms with Crippen LogP contribution in [-0.2, 0) is 4.74 Å². The normalized spacial score (nSPS) is 16.8. The highest BCUT2D eigenvalue weighted by Crippen LogP contribution is 2.37. The summed E-state index contributed by atoms with van der Waals surface area (Å²) < 4.78 is 34.3. The van der Waals surface area contributed by atoms with Gasteiger partial charge in [0.15, 0.2) is 23.0 Å². The fourth-order valence-corrected chi connectivity index (χ4v) is 4.60. The number of benzene rings is 1. The number of rotatable bonds is 4. The van der Waals surface area contributed by atoms with E-state index in [0.29, 0.717) is 59.6 Å². The van der Waals surface area contributed by atoms with E-state index < -0.39 is 5.82 Å². The number of ether oxygens (including phenoxy) is 3. The Morgan fingerprint density at radius 1 is 1.11 bits per heavy atom. The van der Waals surface area contributed by atoms with Gasteiger partial charge in [0.05, 0.1) is 30.5 Å². The molecule has 1 atom stereocenters. The molecule has 7 rings (SSSR count). The van der Waals surface area contributed by atoms with Crippen LogP contribution in [0.15, 0.2) is 49.2 Å². The number of nitrogens with zero attached hydrogens (tertiary/aromatic N) is 7. The third-order valence-corrected chi connectivity index (χ3v) is 6.48. The van der Waals surface area contributed by atoms with Gasteiger partial charge in [-0.2, -0.15) is 5.10 Å². The average Bonchev–Trinajstić information content (AvgIpc) is 3.38. The molecule has 1 unspecified atom stereocenters. The molecule has 1 aromatic carbocycles. The Hall–Kier alpha value is -4.58. The largest absolute Gasteiger partial charge is 0.487 e. The van der Waals surface area contributed by atoms with Gasteiger partial charge in [0.2, 0.25) is 0 Å². The van der Waals surface area contributed by atoms with Crippen LogP contribution in [0, 0.1) is 12.7 Å². The third-order valence-electron chi connectivity index (χ3n) is 6.48. The molecule has 2 aliphatic rings. The summed E-state index contributed by atoms with van der Waals surface area (Å²) in [6.07, 6.45) is 4.61. The number of fused-ring (bicyclic) bond motifs is 5. The van der Waals surface area contributed by atoms with Gasteiger partial charge in [-0.1, -0.05) is 0 Å². The maximum Gasteiger partial charge on any atom is 0.172 e. The van der Waals surface area contributed by atoms with Crippen LogP contribution in [0.25, 0.3) is 16.7 Å². The Morgan fingerprint density at radius 2 is 2.05 bits per heavy atom. The lowest BCUT2D eigenvalue weighted by molar-refractivity contribution is 0.0698. The minimum absolute atomic E-state index is 0.102. The smallest absolute Gasteiger partial charge is 0.172 e. The zero-order valence-electron chi connectivity index (χ0n) is 19.8. The topological polar surface area (TPSA) is 112 Å². The molecule has 37 heavy (non-hydrogen) atoms. The van der Waals surface area contributed by atoms with Gasteiger partial charge >= 0.3 is 0 Å². The van der Waals surface area contributed by atoms with Crippen molar-refractivity contribution >= 4 is 34.0 Å². The van der Waals surface area contributed by atoms with Crippen molar-refractivity contribution in [2.45, 2.75) is 13.0 Å². The number of hydrogen-bond acceptors (Lipinski definition) is 10. The van der Waals surface area contributed by atoms with Crippen LogP contribution in [0.1, 0.15) is 5.56 Å². The van der Waals surface area contributed by atoms with Crippen LogP contribution in [0.5, 0.6) is 17.2 Å². The molecule has 11 nitrogen and oxygen atoms in total. The van der Waals surface area contributed by atoms with E-state index in [0.717, 1.165) is 17.9 Å². The summed E-state index contributed by atoms with van der Waals surface area (Å²) in [5.74, 6) is 2.21. The van der Waals surface area contributed by atoms with Gasteiger partial charge in [-0.15, -0.1) is 0 Å². The van der Waals surface area contributed by atoms with Crippen molar-refractivity contribution in [1.82, 2.24) is 29.5 Å². The maximum absolute atomic E-state index is 15.2. The summed E-state index contributed by atoms with van der Waals surface area (Å²) in [4.78, 5) is 19.9. The van der Waals surface area contributed by atoms with E-state index in [-0.39, 0.29) is 11.7 Å². The van der Waals surface area contributed by atoms with E-state index in [1.54, 1.807) is 28.9 Å². The van der Waals surface area contributed by atoms with Crippen molar-refractivity contribution in [3.8, 4) is 17.2 Å². The summed E-state index contributed by atoms with van der Waals surface area (Å²) in [5, 5.41) is 7.16. The van der Waals surface area contributed by atoms with Crippen molar-refractivity contribution in [3.05, 3.63) is 60.6 Å². The first kappa shape index (κ1) is 21.7. The van der Waals surface area contributed by atoms with Crippen molar-refractivity contribution in [2.24, 2.45) is 0 Å². The molecule has 0 spiro atoms. The Balaban J connectivity index is 1.21. The van der Waals surface area contributed by atoms with Crippen molar-refractivity contribution in [1.29, 1.82) is 0 Å². The third kappa shape index (κ3) is 3.82. The van der Waals surface area contributed by atoms with Gasteiger partial charge in [0, 0.05) is 30.9 Å². The molecule has 0 amide bonds. The lowest BCUT2D eigenvalue weighted by Gasteiger charge is -2.40. The Morgan fingerprint density at radius 3 is 3.00 bits per heavy atom. The van der Waals surface area contributed by atoms with Crippen LogP contribution in [0.2, 0.25) is 0 Å². The molecule has 0 bridgehead atoms. The highest BCUT2D eigenvalue weighted by molar-refractivity contribution is 5.90. The Labute approximate surface area is 209 Å². The standard InChI is InChI=1S/C25H21FN8O3/c1-14-6-18(17(26)8-20(14)37-16-2-3-34-22(7-16)28-13-30-34)31-24-23-19(27-12-29-24)9-21-25(32-23)33-4-5-35-10-15(33)11-36-21/h2-3,6-9,12-13,15H,4-5,10-11H2,1H3,(H,27,29,31). The van der Waals surface area contributed by atoms with Crippen molar-refractivity contribution in [3.63, 3.8) is 0 Å². The summed E-state index contributed by atoms with van der Waals surface area (Å²) in [6, 6.07) is 8.45. The number of aryl methyl sites for hydroxylation is 1. The Kier molecular flexibility index (Phi) is 4.99. The summed E-state index contributed by atoms with van der Waals surface area (Å²) in [7, 11) is 0. The van der Waals surface area contributed by atoms with E-state index in [1.165, 1.54) is 18.7 Å². The fourth-order valence-electron chi connectivity index (χ4n) is 4.60. The first-order valence-corrected chi connectivity index (χ1v) is 11.8. The monoisotopic (exact) mass is 500 g/mol. The lowest BCUT2D eigenvalue weighted by atomic mass is 10.1. The SMILES string of the molecule is Cc1cc(Nc2ncnc3cc4c(nc23)N2CCOCC2CO4)c(F)cc1Oc1ccn2ncnc2c1. The average molecular weight is 500 g/mol. The number of halogens is 1. The van der Waals surface area contributed by atoms with Gasteiger partial charge < -0.3 is 24.4 Å². The summed E-state index contributed by atoms with van der Waals surface area (Å²) in [5.41, 5.74) is 2.74. The van der Waals surface area contributed by atoms with E-state index in [1.807, 2.05) is 13.0 Å². The van der Waals surface area contributed by atoms with E-state index >= 15 is 4.39 Å².